The number of nitrogens with two attached hydrogens (primary N) is 1. The van der Waals surface area contributed by atoms with Gasteiger partial charge in [-0.2, -0.15) is 0 Å². The molecule has 5 nitrogen and oxygen atoms in total. The summed E-state index contributed by atoms with van der Waals surface area (Å²) >= 11 is 6.20. The summed E-state index contributed by atoms with van der Waals surface area (Å²) < 4.78 is 0. The highest BCUT2D eigenvalue weighted by Crippen LogP contribution is 2.26. The third kappa shape index (κ3) is 5.17. The van der Waals surface area contributed by atoms with E-state index in [0.29, 0.717) is 10.6 Å². The largest absolute Gasteiger partial charge is 0.481 e. The Morgan fingerprint density at radius 2 is 1.88 bits per heavy atom. The molecule has 0 unspecified atom stereocenters. The van der Waals surface area contributed by atoms with Gasteiger partial charge in [0.2, 0.25) is 0 Å². The van der Waals surface area contributed by atoms with Gasteiger partial charge in [-0.3, -0.25) is 4.79 Å². The molecule has 0 fully saturated rings. The second-order valence-corrected chi connectivity index (χ2v) is 5.98. The molecule has 0 saturated carbocycles. The lowest BCUT2D eigenvalue weighted by Crippen LogP contribution is -2.16. The number of hydrogen-bond donors (Lipinski definition) is 3. The zero-order valence-electron chi connectivity index (χ0n) is 13.4. The molecule has 1 atom stereocenters. The molecule has 25 heavy (non-hydrogen) atoms. The minimum absolute atomic E-state index is 0.0536. The highest BCUT2D eigenvalue weighted by atomic mass is 35.5. The summed E-state index contributed by atoms with van der Waals surface area (Å²) in [5, 5.41) is 18.5. The topological polar surface area (TPSA) is 101 Å². The molecule has 0 aliphatic carbocycles. The SMILES string of the molecule is NC[C@H](CC(=O)O)c1ccc(Cl)c(C=Cc2cccc(C(=O)O)c2)c1. The first-order valence-electron chi connectivity index (χ1n) is 7.63. The fourth-order valence-electron chi connectivity index (χ4n) is 2.45. The summed E-state index contributed by atoms with van der Waals surface area (Å²) in [6.45, 7) is 0.220. The van der Waals surface area contributed by atoms with Crippen molar-refractivity contribution in [2.45, 2.75) is 12.3 Å². The molecule has 0 aromatic heterocycles. The number of rotatable bonds is 7. The molecule has 0 aliphatic rings. The molecule has 130 valence electrons. The Balaban J connectivity index is 2.29. The number of carboxylic acid groups (broad SMARTS) is 2. The molecule has 0 aliphatic heterocycles. The van der Waals surface area contributed by atoms with Crippen molar-refractivity contribution in [3.8, 4) is 0 Å². The Bertz CT molecular complexity index is 817. The molecule has 0 bridgehead atoms. The van der Waals surface area contributed by atoms with Crippen molar-refractivity contribution in [2.24, 2.45) is 5.73 Å². The number of aromatic carboxylic acids is 1. The van der Waals surface area contributed by atoms with Crippen molar-refractivity contribution >= 4 is 35.7 Å². The van der Waals surface area contributed by atoms with Gasteiger partial charge in [0, 0.05) is 10.9 Å². The highest BCUT2D eigenvalue weighted by Gasteiger charge is 2.15. The van der Waals surface area contributed by atoms with Crippen LogP contribution in [0.1, 0.15) is 39.4 Å². The number of aliphatic carboxylic acids is 1. The quantitative estimate of drug-likeness (QED) is 0.654. The van der Waals surface area contributed by atoms with E-state index >= 15 is 0 Å². The highest BCUT2D eigenvalue weighted by molar-refractivity contribution is 6.32. The van der Waals surface area contributed by atoms with Crippen molar-refractivity contribution in [2.75, 3.05) is 6.54 Å². The second-order valence-electron chi connectivity index (χ2n) is 5.58. The summed E-state index contributed by atoms with van der Waals surface area (Å²) in [5.74, 6) is -2.19. The summed E-state index contributed by atoms with van der Waals surface area (Å²) in [6.07, 6.45) is 3.47. The third-order valence-electron chi connectivity index (χ3n) is 3.79. The first kappa shape index (κ1) is 18.7. The fourth-order valence-corrected chi connectivity index (χ4v) is 2.63. The van der Waals surface area contributed by atoms with E-state index in [-0.39, 0.29) is 24.4 Å². The molecule has 0 amide bonds. The van der Waals surface area contributed by atoms with Crippen LogP contribution in [0.25, 0.3) is 12.2 Å². The van der Waals surface area contributed by atoms with Gasteiger partial charge in [0.25, 0.3) is 0 Å². The van der Waals surface area contributed by atoms with E-state index in [4.69, 9.17) is 27.5 Å². The van der Waals surface area contributed by atoms with Gasteiger partial charge in [-0.1, -0.05) is 42.0 Å². The van der Waals surface area contributed by atoms with Crippen LogP contribution in [0, 0.1) is 0 Å². The van der Waals surface area contributed by atoms with Gasteiger partial charge in [0.15, 0.2) is 0 Å². The van der Waals surface area contributed by atoms with E-state index in [9.17, 15) is 9.59 Å². The number of carboxylic acids is 2. The first-order valence-corrected chi connectivity index (χ1v) is 8.01. The molecule has 2 rings (SSSR count). The van der Waals surface area contributed by atoms with Crippen LogP contribution in [0.5, 0.6) is 0 Å². The molecule has 0 heterocycles. The van der Waals surface area contributed by atoms with Gasteiger partial charge in [-0.05, 0) is 47.5 Å². The summed E-state index contributed by atoms with van der Waals surface area (Å²) in [6, 6.07) is 11.8. The smallest absolute Gasteiger partial charge is 0.335 e. The van der Waals surface area contributed by atoms with Crippen molar-refractivity contribution in [3.05, 3.63) is 69.7 Å². The predicted octanol–water partition coefficient (Wildman–Crippen LogP) is 3.73. The second kappa shape index (κ2) is 8.46. The minimum Gasteiger partial charge on any atom is -0.481 e. The Morgan fingerprint density at radius 3 is 2.52 bits per heavy atom. The van der Waals surface area contributed by atoms with Crippen molar-refractivity contribution in [1.29, 1.82) is 0 Å². The summed E-state index contributed by atoms with van der Waals surface area (Å²) in [4.78, 5) is 22.0. The van der Waals surface area contributed by atoms with Crippen LogP contribution in [-0.4, -0.2) is 28.7 Å². The predicted molar refractivity (Wildman–Crippen MR) is 97.8 cm³/mol. The van der Waals surface area contributed by atoms with Crippen LogP contribution in [0.3, 0.4) is 0 Å². The molecular formula is C19H18ClNO4. The lowest BCUT2D eigenvalue weighted by atomic mass is 9.94. The van der Waals surface area contributed by atoms with Crippen LogP contribution in [0.15, 0.2) is 42.5 Å². The van der Waals surface area contributed by atoms with E-state index in [0.717, 1.165) is 11.1 Å². The number of carbonyl (C=O) groups is 2. The fraction of sp³-hybridized carbons (Fsp3) is 0.158. The van der Waals surface area contributed by atoms with E-state index in [2.05, 4.69) is 0 Å². The van der Waals surface area contributed by atoms with Crippen molar-refractivity contribution in [1.82, 2.24) is 0 Å². The maximum absolute atomic E-state index is 11.0. The van der Waals surface area contributed by atoms with E-state index in [1.807, 2.05) is 0 Å². The molecule has 0 saturated heterocycles. The Kier molecular flexibility index (Phi) is 6.33. The lowest BCUT2D eigenvalue weighted by Gasteiger charge is -2.14. The molecule has 0 radical (unpaired) electrons. The molecule has 0 spiro atoms. The van der Waals surface area contributed by atoms with Crippen LogP contribution in [-0.2, 0) is 4.79 Å². The van der Waals surface area contributed by atoms with Gasteiger partial charge in [0.1, 0.15) is 0 Å². The van der Waals surface area contributed by atoms with Crippen LogP contribution in [0.4, 0.5) is 0 Å². The Morgan fingerprint density at radius 1 is 1.12 bits per heavy atom. The molecule has 4 N–H and O–H groups in total. The maximum Gasteiger partial charge on any atom is 0.335 e. The number of hydrogen-bond acceptors (Lipinski definition) is 3. The summed E-state index contributed by atoms with van der Waals surface area (Å²) in [7, 11) is 0. The zero-order valence-corrected chi connectivity index (χ0v) is 14.1. The third-order valence-corrected chi connectivity index (χ3v) is 4.13. The van der Waals surface area contributed by atoms with Crippen molar-refractivity contribution < 1.29 is 19.8 Å². The average Bonchev–Trinajstić information content (AvgIpc) is 2.59. The standard InChI is InChI=1S/C19H18ClNO4/c20-17-7-6-13(16(11-21)10-18(22)23)9-14(17)5-4-12-2-1-3-15(8-12)19(24)25/h1-9,16H,10-11,21H2,(H,22,23)(H,24,25)/t16-/m0/s1. The van der Waals surface area contributed by atoms with Crippen LogP contribution >= 0.6 is 11.6 Å². The minimum atomic E-state index is -0.991. The Hall–Kier alpha value is -2.63. The summed E-state index contributed by atoms with van der Waals surface area (Å²) in [5.41, 5.74) is 8.12. The first-order chi connectivity index (χ1) is 11.9. The van der Waals surface area contributed by atoms with Gasteiger partial charge < -0.3 is 15.9 Å². The van der Waals surface area contributed by atoms with Crippen LogP contribution < -0.4 is 5.73 Å². The molecular weight excluding hydrogens is 342 g/mol. The molecule has 6 heteroatoms. The monoisotopic (exact) mass is 359 g/mol. The maximum atomic E-state index is 11.0. The van der Waals surface area contributed by atoms with Gasteiger partial charge in [-0.25, -0.2) is 4.79 Å². The van der Waals surface area contributed by atoms with E-state index < -0.39 is 11.9 Å². The average molecular weight is 360 g/mol. The van der Waals surface area contributed by atoms with Crippen LogP contribution in [0.2, 0.25) is 5.02 Å². The van der Waals surface area contributed by atoms with E-state index in [1.165, 1.54) is 6.07 Å². The van der Waals surface area contributed by atoms with E-state index in [1.54, 1.807) is 48.6 Å². The zero-order chi connectivity index (χ0) is 18.4. The number of benzene rings is 2. The van der Waals surface area contributed by atoms with Gasteiger partial charge in [-0.15, -0.1) is 0 Å². The normalized spacial score (nSPS) is 12.2. The van der Waals surface area contributed by atoms with Gasteiger partial charge in [0.05, 0.1) is 12.0 Å². The lowest BCUT2D eigenvalue weighted by molar-refractivity contribution is -0.137. The van der Waals surface area contributed by atoms with Gasteiger partial charge >= 0.3 is 11.9 Å². The molecule has 2 aromatic carbocycles. The number of halogens is 1. The van der Waals surface area contributed by atoms with Crippen molar-refractivity contribution in [3.63, 3.8) is 0 Å². The Labute approximate surface area is 150 Å². The molecule has 2 aromatic rings.